The molecule has 0 saturated carbocycles. The van der Waals surface area contributed by atoms with E-state index >= 15 is 0 Å². The Bertz CT molecular complexity index is 155. The summed E-state index contributed by atoms with van der Waals surface area (Å²) >= 11 is 0. The molecule has 0 aromatic heterocycles. The molecule has 0 fully saturated rings. The Kier molecular flexibility index (Phi) is 3.99. The highest BCUT2D eigenvalue weighted by atomic mass is 28.3. The molecule has 0 aliphatic heterocycles. The van der Waals surface area contributed by atoms with Crippen LogP contribution in [0.25, 0.3) is 0 Å². The molecule has 0 aromatic rings. The molecule has 70 valence electrons. The smallest absolute Gasteiger partial charge is 0.181 e. The van der Waals surface area contributed by atoms with Gasteiger partial charge in [-0.1, -0.05) is 41.5 Å². The van der Waals surface area contributed by atoms with Gasteiger partial charge in [-0.15, -0.1) is 0 Å². The number of hydrogen-bond donors (Lipinski definition) is 0. The van der Waals surface area contributed by atoms with Gasteiger partial charge in [0, 0.05) is 5.69 Å². The molecule has 0 saturated heterocycles. The monoisotopic (exact) mass is 183 g/mol. The topological polar surface area (TPSA) is 23.8 Å². The third-order valence-electron chi connectivity index (χ3n) is 3.06. The van der Waals surface area contributed by atoms with Crippen molar-refractivity contribution in [2.45, 2.75) is 58.2 Å². The Morgan fingerprint density at radius 1 is 0.833 bits per heavy atom. The van der Waals surface area contributed by atoms with Gasteiger partial charge in [-0.2, -0.15) is 0 Å². The largest absolute Gasteiger partial charge is 0.207 e. The summed E-state index contributed by atoms with van der Waals surface area (Å²) in [7, 11) is -1.70. The zero-order valence-corrected chi connectivity index (χ0v) is 10.2. The fraction of sp³-hybridized carbons (Fsp3) is 0.900. The third-order valence-corrected chi connectivity index (χ3v) is 9.18. The van der Waals surface area contributed by atoms with Crippen molar-refractivity contribution in [2.75, 3.05) is 0 Å². The van der Waals surface area contributed by atoms with E-state index in [9.17, 15) is 5.26 Å². The van der Waals surface area contributed by atoms with Crippen LogP contribution in [-0.2, 0) is 0 Å². The quantitative estimate of drug-likeness (QED) is 0.612. The lowest BCUT2D eigenvalue weighted by Gasteiger charge is -2.35. The first kappa shape index (κ1) is 11.7. The second-order valence-electron chi connectivity index (χ2n) is 4.51. The zero-order valence-electron chi connectivity index (χ0n) is 9.18. The van der Waals surface area contributed by atoms with E-state index in [-0.39, 0.29) is 0 Å². The van der Waals surface area contributed by atoms with Crippen LogP contribution in [-0.4, -0.2) is 8.07 Å². The Morgan fingerprint density at radius 2 is 1.08 bits per heavy atom. The lowest BCUT2D eigenvalue weighted by atomic mass is 10.5. The van der Waals surface area contributed by atoms with Crippen molar-refractivity contribution in [1.82, 2.24) is 0 Å². The molecule has 1 nitrogen and oxygen atoms in total. The van der Waals surface area contributed by atoms with E-state index in [1.165, 1.54) is 0 Å². The predicted molar refractivity (Wildman–Crippen MR) is 56.7 cm³/mol. The van der Waals surface area contributed by atoms with Crippen LogP contribution in [0.3, 0.4) is 0 Å². The highest BCUT2D eigenvalue weighted by Crippen LogP contribution is 2.40. The van der Waals surface area contributed by atoms with E-state index in [1.54, 1.807) is 0 Å². The molecule has 0 atom stereocenters. The predicted octanol–water partition coefficient (Wildman–Crippen LogP) is 3.73. The molecule has 0 aliphatic rings. The van der Waals surface area contributed by atoms with E-state index in [0.717, 1.165) is 0 Å². The van der Waals surface area contributed by atoms with Gasteiger partial charge in [0.05, 0.1) is 0 Å². The van der Waals surface area contributed by atoms with Crippen molar-refractivity contribution in [3.05, 3.63) is 0 Å². The SMILES string of the molecule is CC(C)[Si](C#N)(C(C)C)C(C)C. The van der Waals surface area contributed by atoms with Gasteiger partial charge < -0.3 is 0 Å². The lowest BCUT2D eigenvalue weighted by Crippen LogP contribution is -2.43. The van der Waals surface area contributed by atoms with Crippen LogP contribution in [0.1, 0.15) is 41.5 Å². The summed E-state index contributed by atoms with van der Waals surface area (Å²) < 4.78 is 0. The van der Waals surface area contributed by atoms with E-state index in [1.807, 2.05) is 0 Å². The van der Waals surface area contributed by atoms with Crippen molar-refractivity contribution in [1.29, 1.82) is 5.26 Å². The molecular formula is C10H21NSi. The average molecular weight is 183 g/mol. The van der Waals surface area contributed by atoms with E-state index in [0.29, 0.717) is 16.6 Å². The minimum absolute atomic E-state index is 0.572. The second-order valence-corrected chi connectivity index (χ2v) is 10.1. The van der Waals surface area contributed by atoms with Crippen LogP contribution in [0.2, 0.25) is 16.6 Å². The number of hydrogen-bond acceptors (Lipinski definition) is 1. The van der Waals surface area contributed by atoms with Crippen LogP contribution in [0.4, 0.5) is 0 Å². The van der Waals surface area contributed by atoms with Gasteiger partial charge in [0.2, 0.25) is 0 Å². The Labute approximate surface area is 77.8 Å². The van der Waals surface area contributed by atoms with E-state index < -0.39 is 8.07 Å². The zero-order chi connectivity index (χ0) is 9.94. The minimum Gasteiger partial charge on any atom is -0.207 e. The van der Waals surface area contributed by atoms with Gasteiger partial charge in [0.25, 0.3) is 0 Å². The van der Waals surface area contributed by atoms with Crippen molar-refractivity contribution in [3.8, 4) is 5.69 Å². The fourth-order valence-corrected chi connectivity index (χ4v) is 7.16. The molecule has 12 heavy (non-hydrogen) atoms. The van der Waals surface area contributed by atoms with Crippen molar-refractivity contribution in [2.24, 2.45) is 0 Å². The van der Waals surface area contributed by atoms with Crippen LogP contribution >= 0.6 is 0 Å². The molecule has 0 heterocycles. The fourth-order valence-electron chi connectivity index (χ4n) is 2.39. The lowest BCUT2D eigenvalue weighted by molar-refractivity contribution is 0.836. The summed E-state index contributed by atoms with van der Waals surface area (Å²) in [5, 5.41) is 9.30. The molecule has 0 unspecified atom stereocenters. The van der Waals surface area contributed by atoms with Gasteiger partial charge >= 0.3 is 0 Å². The van der Waals surface area contributed by atoms with E-state index in [4.69, 9.17) is 0 Å². The van der Waals surface area contributed by atoms with Gasteiger partial charge in [-0.05, 0) is 16.6 Å². The van der Waals surface area contributed by atoms with Gasteiger partial charge in [0.15, 0.2) is 8.07 Å². The summed E-state index contributed by atoms with van der Waals surface area (Å²) in [5.74, 6) is 0. The first-order valence-corrected chi connectivity index (χ1v) is 7.04. The summed E-state index contributed by atoms with van der Waals surface area (Å²) in [6.45, 7) is 13.2. The maximum atomic E-state index is 9.30. The Morgan fingerprint density at radius 3 is 1.08 bits per heavy atom. The molecule has 2 heteroatoms. The minimum atomic E-state index is -1.70. The van der Waals surface area contributed by atoms with Crippen LogP contribution in [0.5, 0.6) is 0 Å². The van der Waals surface area contributed by atoms with Crippen molar-refractivity contribution >= 4 is 8.07 Å². The van der Waals surface area contributed by atoms with Gasteiger partial charge in [-0.25, -0.2) is 5.26 Å². The molecule has 0 spiro atoms. The standard InChI is InChI=1S/C10H21NSi/c1-8(2)12(7-11,9(3)4)10(5)6/h8-10H,1-6H3. The molecule has 0 aromatic carbocycles. The van der Waals surface area contributed by atoms with Crippen molar-refractivity contribution < 1.29 is 0 Å². The Hall–Kier alpha value is -0.293. The maximum Gasteiger partial charge on any atom is 0.181 e. The van der Waals surface area contributed by atoms with Gasteiger partial charge in [0.1, 0.15) is 0 Å². The van der Waals surface area contributed by atoms with Crippen molar-refractivity contribution in [3.63, 3.8) is 0 Å². The third kappa shape index (κ3) is 1.72. The normalized spacial score (nSPS) is 12.7. The van der Waals surface area contributed by atoms with Crippen LogP contribution in [0, 0.1) is 11.0 Å². The van der Waals surface area contributed by atoms with Crippen LogP contribution < -0.4 is 0 Å². The first-order chi connectivity index (χ1) is 5.39. The van der Waals surface area contributed by atoms with Crippen LogP contribution in [0.15, 0.2) is 0 Å². The summed E-state index contributed by atoms with van der Waals surface area (Å²) in [4.78, 5) is 0. The molecule has 0 radical (unpaired) electrons. The molecule has 0 rings (SSSR count). The number of nitrogens with zero attached hydrogens (tertiary/aromatic N) is 1. The van der Waals surface area contributed by atoms with E-state index in [2.05, 4.69) is 47.2 Å². The average Bonchev–Trinajstić information content (AvgIpc) is 1.86. The number of nitriles is 1. The molecule has 0 N–H and O–H groups in total. The molecular weight excluding hydrogens is 162 g/mol. The summed E-state index contributed by atoms with van der Waals surface area (Å²) in [6, 6.07) is 0. The molecule has 0 aliphatic carbocycles. The second kappa shape index (κ2) is 4.09. The maximum absolute atomic E-state index is 9.30. The molecule has 0 amide bonds. The molecule has 0 bridgehead atoms. The highest BCUT2D eigenvalue weighted by molar-refractivity contribution is 6.90. The van der Waals surface area contributed by atoms with Gasteiger partial charge in [-0.3, -0.25) is 0 Å². The summed E-state index contributed by atoms with van der Waals surface area (Å²) in [6.07, 6.45) is 0. The highest BCUT2D eigenvalue weighted by Gasteiger charge is 2.43. The summed E-state index contributed by atoms with van der Waals surface area (Å²) in [5.41, 5.74) is 4.37. The Balaban J connectivity index is 4.94. The number of rotatable bonds is 3. The first-order valence-electron chi connectivity index (χ1n) is 4.80.